The number of amides is 1. The molecule has 0 aliphatic rings. The van der Waals surface area contributed by atoms with Crippen molar-refractivity contribution >= 4 is 11.6 Å². The van der Waals surface area contributed by atoms with Crippen molar-refractivity contribution in [2.45, 2.75) is 32.6 Å². The number of benzene rings is 1. The third kappa shape index (κ3) is 4.88. The van der Waals surface area contributed by atoms with Crippen LogP contribution in [0.1, 0.15) is 32.6 Å². The molecule has 3 heteroatoms. The van der Waals surface area contributed by atoms with E-state index in [-0.39, 0.29) is 5.91 Å². The van der Waals surface area contributed by atoms with E-state index in [4.69, 9.17) is 4.74 Å². The normalized spacial score (nSPS) is 10.3. The van der Waals surface area contributed by atoms with Crippen LogP contribution in [-0.2, 0) is 9.53 Å². The Morgan fingerprint density at radius 1 is 1.22 bits per heavy atom. The zero-order valence-corrected chi connectivity index (χ0v) is 11.4. The Morgan fingerprint density at radius 2 is 1.94 bits per heavy atom. The molecule has 0 aliphatic carbocycles. The summed E-state index contributed by atoms with van der Waals surface area (Å²) in [6.45, 7) is 3.58. The number of anilines is 1. The van der Waals surface area contributed by atoms with Crippen LogP contribution < -0.4 is 4.90 Å². The highest BCUT2D eigenvalue weighted by Crippen LogP contribution is 2.16. The van der Waals surface area contributed by atoms with Crippen molar-refractivity contribution in [3.05, 3.63) is 30.3 Å². The van der Waals surface area contributed by atoms with Crippen molar-refractivity contribution in [2.75, 3.05) is 25.2 Å². The second-order valence-corrected chi connectivity index (χ2v) is 4.33. The summed E-state index contributed by atoms with van der Waals surface area (Å²) in [5, 5.41) is 0. The Labute approximate surface area is 110 Å². The van der Waals surface area contributed by atoms with Gasteiger partial charge in [0.25, 0.3) is 0 Å². The summed E-state index contributed by atoms with van der Waals surface area (Å²) in [6, 6.07) is 9.89. The summed E-state index contributed by atoms with van der Waals surface area (Å²) >= 11 is 0. The fourth-order valence-electron chi connectivity index (χ4n) is 1.82. The van der Waals surface area contributed by atoms with E-state index in [0.29, 0.717) is 13.0 Å². The fraction of sp³-hybridized carbons (Fsp3) is 0.533. The van der Waals surface area contributed by atoms with Gasteiger partial charge in [0, 0.05) is 32.4 Å². The Morgan fingerprint density at radius 3 is 2.56 bits per heavy atom. The summed E-state index contributed by atoms with van der Waals surface area (Å²) < 4.78 is 4.99. The van der Waals surface area contributed by atoms with Crippen molar-refractivity contribution in [1.82, 2.24) is 0 Å². The zero-order valence-electron chi connectivity index (χ0n) is 11.4. The Bertz CT molecular complexity index is 338. The number of nitrogens with zero attached hydrogens (tertiary/aromatic N) is 1. The van der Waals surface area contributed by atoms with E-state index in [1.807, 2.05) is 35.2 Å². The molecule has 1 aromatic carbocycles. The summed E-state index contributed by atoms with van der Waals surface area (Å²) in [6.07, 6.45) is 3.46. The molecule has 0 saturated heterocycles. The van der Waals surface area contributed by atoms with Crippen LogP contribution in [0, 0.1) is 0 Å². The lowest BCUT2D eigenvalue weighted by atomic mass is 10.2. The average Bonchev–Trinajstić information content (AvgIpc) is 2.41. The average molecular weight is 249 g/mol. The quantitative estimate of drug-likeness (QED) is 0.662. The molecule has 0 fully saturated rings. The number of ether oxygens (including phenoxy) is 1. The maximum atomic E-state index is 12.2. The molecule has 1 rings (SSSR count). The van der Waals surface area contributed by atoms with Gasteiger partial charge >= 0.3 is 0 Å². The first-order valence-corrected chi connectivity index (χ1v) is 6.64. The number of hydrogen-bond donors (Lipinski definition) is 0. The third-order valence-corrected chi connectivity index (χ3v) is 2.84. The second-order valence-electron chi connectivity index (χ2n) is 4.33. The van der Waals surface area contributed by atoms with E-state index >= 15 is 0 Å². The van der Waals surface area contributed by atoms with Crippen LogP contribution in [0.25, 0.3) is 0 Å². The van der Waals surface area contributed by atoms with Crippen molar-refractivity contribution in [3.63, 3.8) is 0 Å². The number of unbranched alkanes of at least 4 members (excludes halogenated alkanes) is 1. The molecule has 0 aliphatic heterocycles. The lowest BCUT2D eigenvalue weighted by molar-refractivity contribution is -0.118. The molecule has 3 nitrogen and oxygen atoms in total. The van der Waals surface area contributed by atoms with Gasteiger partial charge in [0.1, 0.15) is 0 Å². The van der Waals surface area contributed by atoms with Crippen molar-refractivity contribution in [2.24, 2.45) is 0 Å². The molecule has 0 radical (unpaired) electrons. The third-order valence-electron chi connectivity index (χ3n) is 2.84. The molecule has 0 N–H and O–H groups in total. The lowest BCUT2D eigenvalue weighted by Crippen LogP contribution is -2.31. The SMILES string of the molecule is CCCCN(C(=O)CCCOC)c1ccccc1. The molecular weight excluding hydrogens is 226 g/mol. The maximum Gasteiger partial charge on any atom is 0.227 e. The van der Waals surface area contributed by atoms with Crippen LogP contribution >= 0.6 is 0 Å². The molecule has 18 heavy (non-hydrogen) atoms. The first-order valence-electron chi connectivity index (χ1n) is 6.64. The van der Waals surface area contributed by atoms with E-state index in [1.165, 1.54) is 0 Å². The van der Waals surface area contributed by atoms with Gasteiger partial charge in [0.2, 0.25) is 5.91 Å². The van der Waals surface area contributed by atoms with Gasteiger partial charge in [-0.15, -0.1) is 0 Å². The van der Waals surface area contributed by atoms with Crippen LogP contribution in [0.3, 0.4) is 0 Å². The number of hydrogen-bond acceptors (Lipinski definition) is 2. The minimum absolute atomic E-state index is 0.187. The zero-order chi connectivity index (χ0) is 13.2. The first kappa shape index (κ1) is 14.7. The van der Waals surface area contributed by atoms with Gasteiger partial charge in [-0.05, 0) is 25.0 Å². The summed E-state index contributed by atoms with van der Waals surface area (Å²) in [5.74, 6) is 0.187. The van der Waals surface area contributed by atoms with Crippen LogP contribution in [-0.4, -0.2) is 26.2 Å². The minimum atomic E-state index is 0.187. The minimum Gasteiger partial charge on any atom is -0.385 e. The highest BCUT2D eigenvalue weighted by molar-refractivity contribution is 5.93. The largest absolute Gasteiger partial charge is 0.385 e. The molecule has 1 aromatic rings. The molecule has 0 heterocycles. The number of rotatable bonds is 8. The molecule has 100 valence electrons. The van der Waals surface area contributed by atoms with E-state index in [9.17, 15) is 4.79 Å². The van der Waals surface area contributed by atoms with Gasteiger partial charge in [-0.3, -0.25) is 4.79 Å². The fourth-order valence-corrected chi connectivity index (χ4v) is 1.82. The van der Waals surface area contributed by atoms with Gasteiger partial charge in [0.15, 0.2) is 0 Å². The smallest absolute Gasteiger partial charge is 0.227 e. The van der Waals surface area contributed by atoms with Crippen molar-refractivity contribution in [3.8, 4) is 0 Å². The molecule has 0 saturated carbocycles. The summed E-state index contributed by atoms with van der Waals surface area (Å²) in [5.41, 5.74) is 0.994. The molecule has 0 unspecified atom stereocenters. The van der Waals surface area contributed by atoms with E-state index in [0.717, 1.165) is 31.5 Å². The Hall–Kier alpha value is -1.35. The van der Waals surface area contributed by atoms with Gasteiger partial charge in [-0.1, -0.05) is 31.5 Å². The van der Waals surface area contributed by atoms with E-state index in [2.05, 4.69) is 6.92 Å². The highest BCUT2D eigenvalue weighted by Gasteiger charge is 2.14. The van der Waals surface area contributed by atoms with Crippen LogP contribution in [0.4, 0.5) is 5.69 Å². The number of carbonyl (C=O) groups is 1. The molecule has 0 atom stereocenters. The van der Waals surface area contributed by atoms with E-state index in [1.54, 1.807) is 7.11 Å². The lowest BCUT2D eigenvalue weighted by Gasteiger charge is -2.22. The predicted molar refractivity (Wildman–Crippen MR) is 74.8 cm³/mol. The van der Waals surface area contributed by atoms with Gasteiger partial charge in [-0.2, -0.15) is 0 Å². The second kappa shape index (κ2) is 8.70. The predicted octanol–water partition coefficient (Wildman–Crippen LogP) is 3.25. The van der Waals surface area contributed by atoms with Gasteiger partial charge < -0.3 is 9.64 Å². The molecule has 1 amide bonds. The molecular formula is C15H23NO2. The van der Waals surface area contributed by atoms with Gasteiger partial charge in [0.05, 0.1) is 0 Å². The molecule has 0 bridgehead atoms. The van der Waals surface area contributed by atoms with E-state index < -0.39 is 0 Å². The highest BCUT2D eigenvalue weighted by atomic mass is 16.5. The standard InChI is InChI=1S/C15H23NO2/c1-3-4-12-16(14-9-6-5-7-10-14)15(17)11-8-13-18-2/h5-7,9-10H,3-4,8,11-13H2,1-2H3. The van der Waals surface area contributed by atoms with Crippen LogP contribution in [0.15, 0.2) is 30.3 Å². The number of carbonyl (C=O) groups excluding carboxylic acids is 1. The van der Waals surface area contributed by atoms with Crippen LogP contribution in [0.5, 0.6) is 0 Å². The topological polar surface area (TPSA) is 29.5 Å². The molecule has 0 aromatic heterocycles. The summed E-state index contributed by atoms with van der Waals surface area (Å²) in [4.78, 5) is 14.1. The monoisotopic (exact) mass is 249 g/mol. The first-order chi connectivity index (χ1) is 8.79. The van der Waals surface area contributed by atoms with Crippen molar-refractivity contribution in [1.29, 1.82) is 0 Å². The van der Waals surface area contributed by atoms with Crippen molar-refractivity contribution < 1.29 is 9.53 Å². The number of para-hydroxylation sites is 1. The maximum absolute atomic E-state index is 12.2. The Kier molecular flexibility index (Phi) is 7.11. The van der Waals surface area contributed by atoms with Crippen LogP contribution in [0.2, 0.25) is 0 Å². The Balaban J connectivity index is 2.63. The number of methoxy groups -OCH3 is 1. The summed E-state index contributed by atoms with van der Waals surface area (Å²) in [7, 11) is 1.66. The van der Waals surface area contributed by atoms with Gasteiger partial charge in [-0.25, -0.2) is 0 Å². The molecule has 0 spiro atoms.